The molecule has 3 aromatic rings. The quantitative estimate of drug-likeness (QED) is 0.678. The molecule has 7 nitrogen and oxygen atoms in total. The third-order valence-corrected chi connectivity index (χ3v) is 4.86. The van der Waals surface area contributed by atoms with Crippen LogP contribution < -0.4 is 10.1 Å². The van der Waals surface area contributed by atoms with Crippen LogP contribution in [0.25, 0.3) is 11.0 Å². The Morgan fingerprint density at radius 3 is 2.83 bits per heavy atom. The van der Waals surface area contributed by atoms with Gasteiger partial charge in [0.15, 0.2) is 0 Å². The molecule has 29 heavy (non-hydrogen) atoms. The number of hydrogen-bond acceptors (Lipinski definition) is 5. The molecule has 1 amide bonds. The van der Waals surface area contributed by atoms with Crippen molar-refractivity contribution < 1.29 is 14.3 Å². The van der Waals surface area contributed by atoms with Crippen LogP contribution in [0.1, 0.15) is 32.0 Å². The van der Waals surface area contributed by atoms with Gasteiger partial charge in [-0.1, -0.05) is 12.1 Å². The molecule has 2 N–H and O–H groups in total. The van der Waals surface area contributed by atoms with Gasteiger partial charge in [-0.3, -0.25) is 0 Å². The number of carbonyl (C=O) groups is 1. The van der Waals surface area contributed by atoms with Crippen molar-refractivity contribution in [2.24, 2.45) is 0 Å². The maximum absolute atomic E-state index is 12.5. The van der Waals surface area contributed by atoms with Crippen molar-refractivity contribution in [2.75, 3.05) is 19.0 Å². The molecule has 1 aliphatic rings. The summed E-state index contributed by atoms with van der Waals surface area (Å²) in [6.07, 6.45) is 2.26. The fourth-order valence-corrected chi connectivity index (χ4v) is 3.54. The van der Waals surface area contributed by atoms with Crippen LogP contribution in [0.2, 0.25) is 0 Å². The van der Waals surface area contributed by atoms with Crippen molar-refractivity contribution in [1.82, 2.24) is 14.9 Å². The van der Waals surface area contributed by atoms with E-state index in [0.29, 0.717) is 13.1 Å². The molecule has 0 aliphatic carbocycles. The first-order valence-electron chi connectivity index (χ1n) is 9.71. The number of H-pyrrole nitrogens is 1. The van der Waals surface area contributed by atoms with Gasteiger partial charge in [-0.05, 0) is 39.0 Å². The smallest absolute Gasteiger partial charge is 0.410 e. The highest BCUT2D eigenvalue weighted by Gasteiger charge is 2.28. The molecule has 0 saturated carbocycles. The van der Waals surface area contributed by atoms with E-state index in [4.69, 9.17) is 9.47 Å². The van der Waals surface area contributed by atoms with Crippen LogP contribution in [0.3, 0.4) is 0 Å². The summed E-state index contributed by atoms with van der Waals surface area (Å²) in [5.74, 6) is 0.764. The number of aromatic nitrogens is 2. The van der Waals surface area contributed by atoms with Gasteiger partial charge in [0.1, 0.15) is 17.0 Å². The summed E-state index contributed by atoms with van der Waals surface area (Å²) in [4.78, 5) is 22.2. The number of fused-ring (bicyclic) bond motifs is 3. The third kappa shape index (κ3) is 3.99. The van der Waals surface area contributed by atoms with Gasteiger partial charge in [-0.25, -0.2) is 9.78 Å². The van der Waals surface area contributed by atoms with E-state index in [1.807, 2.05) is 45.0 Å². The van der Waals surface area contributed by atoms with E-state index in [1.54, 1.807) is 18.2 Å². The van der Waals surface area contributed by atoms with Gasteiger partial charge in [-0.15, -0.1) is 0 Å². The average Bonchev–Trinajstić information content (AvgIpc) is 3.04. The van der Waals surface area contributed by atoms with Crippen molar-refractivity contribution in [3.8, 4) is 5.75 Å². The fourth-order valence-electron chi connectivity index (χ4n) is 3.54. The summed E-state index contributed by atoms with van der Waals surface area (Å²) in [6, 6.07) is 9.81. The lowest BCUT2D eigenvalue weighted by Gasteiger charge is -2.30. The maximum Gasteiger partial charge on any atom is 0.410 e. The molecule has 7 heteroatoms. The molecule has 1 aromatic carbocycles. The monoisotopic (exact) mass is 394 g/mol. The van der Waals surface area contributed by atoms with Gasteiger partial charge in [-0.2, -0.15) is 0 Å². The lowest BCUT2D eigenvalue weighted by atomic mass is 10.1. The van der Waals surface area contributed by atoms with Gasteiger partial charge < -0.3 is 24.7 Å². The second-order valence-electron chi connectivity index (χ2n) is 8.18. The predicted octanol–water partition coefficient (Wildman–Crippen LogP) is 4.61. The van der Waals surface area contributed by atoms with Gasteiger partial charge in [0.2, 0.25) is 0 Å². The number of anilines is 2. The number of aromatic amines is 1. The number of nitrogens with zero attached hydrogens (tertiary/aromatic N) is 2. The minimum atomic E-state index is -0.509. The number of nitrogens with one attached hydrogen (secondary N) is 2. The Morgan fingerprint density at radius 1 is 1.28 bits per heavy atom. The second kappa shape index (κ2) is 7.31. The number of amides is 1. The summed E-state index contributed by atoms with van der Waals surface area (Å²) < 4.78 is 11.0. The number of methoxy groups -OCH3 is 1. The Bertz CT molecular complexity index is 1050. The molecule has 1 aliphatic heterocycles. The van der Waals surface area contributed by atoms with Crippen molar-refractivity contribution >= 4 is 28.5 Å². The molecular weight excluding hydrogens is 368 g/mol. The molecule has 3 heterocycles. The summed E-state index contributed by atoms with van der Waals surface area (Å²) >= 11 is 0. The first kappa shape index (κ1) is 19.1. The number of hydrogen-bond donors (Lipinski definition) is 2. The topological polar surface area (TPSA) is 79.5 Å². The largest absolute Gasteiger partial charge is 0.495 e. The molecule has 0 spiro atoms. The average molecular weight is 394 g/mol. The van der Waals surface area contributed by atoms with Crippen LogP contribution in [0.4, 0.5) is 16.2 Å². The molecule has 152 valence electrons. The molecule has 4 rings (SSSR count). The highest BCUT2D eigenvalue weighted by atomic mass is 16.6. The van der Waals surface area contributed by atoms with Crippen LogP contribution in [0, 0.1) is 0 Å². The number of benzene rings is 1. The van der Waals surface area contributed by atoms with Gasteiger partial charge in [0.05, 0.1) is 31.2 Å². The highest BCUT2D eigenvalue weighted by Crippen LogP contribution is 2.32. The van der Waals surface area contributed by atoms with Crippen LogP contribution in [-0.2, 0) is 17.7 Å². The Balaban J connectivity index is 1.62. The normalized spacial score (nSPS) is 13.9. The van der Waals surface area contributed by atoms with Gasteiger partial charge >= 0.3 is 6.09 Å². The molecule has 0 unspecified atom stereocenters. The summed E-state index contributed by atoms with van der Waals surface area (Å²) in [6.45, 7) is 6.77. The van der Waals surface area contributed by atoms with E-state index in [9.17, 15) is 4.79 Å². The molecule has 0 bridgehead atoms. The lowest BCUT2D eigenvalue weighted by molar-refractivity contribution is 0.0224. The standard InChI is InChI=1S/C22H26N4O3/c1-22(2,3)29-21(27)26-10-9-17-16(13-26)15-11-14(12-23-20(15)25-17)24-18-7-5-6-8-19(18)28-4/h5-8,11-12,24H,9-10,13H2,1-4H3,(H,23,25). The molecule has 0 radical (unpaired) electrons. The fraction of sp³-hybridized carbons (Fsp3) is 0.364. The van der Waals surface area contributed by atoms with E-state index in [1.165, 1.54) is 0 Å². The van der Waals surface area contributed by atoms with Gasteiger partial charge in [0, 0.05) is 29.6 Å². The van der Waals surface area contributed by atoms with Crippen molar-refractivity contribution in [2.45, 2.75) is 39.3 Å². The van der Waals surface area contributed by atoms with E-state index in [0.717, 1.165) is 45.8 Å². The zero-order valence-corrected chi connectivity index (χ0v) is 17.2. The predicted molar refractivity (Wildman–Crippen MR) is 113 cm³/mol. The van der Waals surface area contributed by atoms with Crippen LogP contribution in [-0.4, -0.2) is 40.2 Å². The molecule has 0 saturated heterocycles. The number of rotatable bonds is 3. The van der Waals surface area contributed by atoms with Crippen LogP contribution in [0.5, 0.6) is 5.75 Å². The highest BCUT2D eigenvalue weighted by molar-refractivity contribution is 5.86. The Hall–Kier alpha value is -3.22. The van der Waals surface area contributed by atoms with E-state index in [-0.39, 0.29) is 6.09 Å². The number of ether oxygens (including phenoxy) is 2. The Kier molecular flexibility index (Phi) is 4.82. The molecule has 0 fully saturated rings. The maximum atomic E-state index is 12.5. The summed E-state index contributed by atoms with van der Waals surface area (Å²) in [5, 5.41) is 4.38. The van der Waals surface area contributed by atoms with E-state index in [2.05, 4.69) is 21.4 Å². The minimum Gasteiger partial charge on any atom is -0.495 e. The summed E-state index contributed by atoms with van der Waals surface area (Å²) in [5.41, 5.74) is 4.26. The Morgan fingerprint density at radius 2 is 2.07 bits per heavy atom. The van der Waals surface area contributed by atoms with E-state index >= 15 is 0 Å². The first-order chi connectivity index (χ1) is 13.8. The SMILES string of the molecule is COc1ccccc1Nc1cnc2[nH]c3c(c2c1)CN(C(=O)OC(C)(C)C)CC3. The zero-order chi connectivity index (χ0) is 20.6. The van der Waals surface area contributed by atoms with Crippen molar-refractivity contribution in [3.05, 3.63) is 47.8 Å². The number of para-hydroxylation sites is 2. The molecule has 0 atom stereocenters. The number of carbonyl (C=O) groups excluding carboxylic acids is 1. The molecular formula is C22H26N4O3. The lowest BCUT2D eigenvalue weighted by Crippen LogP contribution is -2.39. The van der Waals surface area contributed by atoms with Crippen molar-refractivity contribution in [3.63, 3.8) is 0 Å². The van der Waals surface area contributed by atoms with E-state index < -0.39 is 5.60 Å². The second-order valence-corrected chi connectivity index (χ2v) is 8.18. The van der Waals surface area contributed by atoms with Gasteiger partial charge in [0.25, 0.3) is 0 Å². The van der Waals surface area contributed by atoms with Crippen LogP contribution in [0.15, 0.2) is 36.5 Å². The van der Waals surface area contributed by atoms with Crippen LogP contribution >= 0.6 is 0 Å². The summed E-state index contributed by atoms with van der Waals surface area (Å²) in [7, 11) is 1.65. The zero-order valence-electron chi connectivity index (χ0n) is 17.2. The van der Waals surface area contributed by atoms with Crippen molar-refractivity contribution in [1.29, 1.82) is 0 Å². The Labute approximate surface area is 170 Å². The molecule has 2 aromatic heterocycles. The third-order valence-electron chi connectivity index (χ3n) is 4.86. The first-order valence-corrected chi connectivity index (χ1v) is 9.71. The minimum absolute atomic E-state index is 0.284. The number of pyridine rings is 1.